The van der Waals surface area contributed by atoms with Crippen LogP contribution in [0.2, 0.25) is 0 Å². The first-order valence-electron chi connectivity index (χ1n) is 7.20. The van der Waals surface area contributed by atoms with Gasteiger partial charge in [-0.1, -0.05) is 46.1 Å². The molecular weight excluding hydrogens is 292 g/mol. The maximum atomic E-state index is 8.07. The normalized spacial score (nSPS) is 7.55. The molecule has 0 fully saturated rings. The molecule has 0 aliphatic rings. The minimum atomic E-state index is 0. The molecule has 0 rings (SSSR count). The molecule has 124 valence electrons. The van der Waals surface area contributed by atoms with Crippen LogP contribution in [0.3, 0.4) is 0 Å². The van der Waals surface area contributed by atoms with Crippen molar-refractivity contribution < 1.29 is 42.1 Å². The van der Waals surface area contributed by atoms with Gasteiger partial charge in [0.25, 0.3) is 0 Å². The Bertz CT molecular complexity index is 93.8. The zero-order valence-electron chi connectivity index (χ0n) is 13.6. The van der Waals surface area contributed by atoms with Crippen molar-refractivity contribution in [1.29, 1.82) is 0 Å². The first kappa shape index (κ1) is 32.3. The van der Waals surface area contributed by atoms with Gasteiger partial charge in [0.05, 0.1) is 6.61 Å². The molecule has 0 unspecified atom stereocenters. The standard InChI is InChI=1S/3C4H10O.C3H6O.Ti/c3*1-2-3-4-5;1-2-3-4;/h3*5H,2-4H2,1H3;2,4H,1,3H2;. The van der Waals surface area contributed by atoms with Crippen LogP contribution in [0.5, 0.6) is 0 Å². The average Bonchev–Trinajstić information content (AvgIpc) is 2.43. The number of aliphatic hydroxyl groups excluding tert-OH is 4. The number of rotatable bonds is 7. The number of hydrogen-bond donors (Lipinski definition) is 4. The Morgan fingerprint density at radius 1 is 0.700 bits per heavy atom. The van der Waals surface area contributed by atoms with Crippen LogP contribution in [-0.2, 0) is 21.7 Å². The largest absolute Gasteiger partial charge is 0.396 e. The average molecular weight is 328 g/mol. The van der Waals surface area contributed by atoms with Gasteiger partial charge >= 0.3 is 0 Å². The van der Waals surface area contributed by atoms with Crippen LogP contribution in [0.1, 0.15) is 59.3 Å². The van der Waals surface area contributed by atoms with Crippen molar-refractivity contribution in [3.05, 3.63) is 12.7 Å². The topological polar surface area (TPSA) is 80.9 Å². The molecule has 4 nitrogen and oxygen atoms in total. The van der Waals surface area contributed by atoms with Crippen molar-refractivity contribution in [3.63, 3.8) is 0 Å². The summed E-state index contributed by atoms with van der Waals surface area (Å²) >= 11 is 0. The zero-order chi connectivity index (χ0) is 15.8. The second-order valence-electron chi connectivity index (χ2n) is 3.70. The second-order valence-corrected chi connectivity index (χ2v) is 3.70. The Kier molecular flexibility index (Phi) is 81.7. The van der Waals surface area contributed by atoms with Gasteiger partial charge in [0.1, 0.15) is 0 Å². The Morgan fingerprint density at radius 3 is 0.900 bits per heavy atom. The van der Waals surface area contributed by atoms with Crippen molar-refractivity contribution in [2.24, 2.45) is 0 Å². The summed E-state index contributed by atoms with van der Waals surface area (Å²) in [6, 6.07) is 0. The molecule has 0 saturated heterocycles. The molecule has 20 heavy (non-hydrogen) atoms. The summed E-state index contributed by atoms with van der Waals surface area (Å²) in [4.78, 5) is 0. The van der Waals surface area contributed by atoms with E-state index in [1.807, 2.05) is 0 Å². The van der Waals surface area contributed by atoms with Gasteiger partial charge in [0.2, 0.25) is 0 Å². The van der Waals surface area contributed by atoms with E-state index in [4.69, 9.17) is 20.4 Å². The van der Waals surface area contributed by atoms with Crippen LogP contribution < -0.4 is 0 Å². The predicted molar refractivity (Wildman–Crippen MR) is 83.3 cm³/mol. The summed E-state index contributed by atoms with van der Waals surface area (Å²) in [6.07, 6.45) is 7.55. The van der Waals surface area contributed by atoms with E-state index in [1.54, 1.807) is 0 Å². The molecular formula is C15H36O4Ti. The van der Waals surface area contributed by atoms with E-state index in [2.05, 4.69) is 27.4 Å². The molecule has 0 spiro atoms. The second kappa shape index (κ2) is 50.6. The molecule has 5 heteroatoms. The van der Waals surface area contributed by atoms with Gasteiger partial charge in [-0.05, 0) is 19.3 Å². The molecule has 0 aromatic heterocycles. The van der Waals surface area contributed by atoms with Crippen LogP contribution in [0.25, 0.3) is 0 Å². The van der Waals surface area contributed by atoms with Crippen molar-refractivity contribution in [1.82, 2.24) is 0 Å². The first-order valence-corrected chi connectivity index (χ1v) is 7.20. The van der Waals surface area contributed by atoms with Crippen LogP contribution in [0.15, 0.2) is 12.7 Å². The fourth-order valence-electron chi connectivity index (χ4n) is 0.474. The van der Waals surface area contributed by atoms with Gasteiger partial charge < -0.3 is 20.4 Å². The molecule has 0 aromatic rings. The van der Waals surface area contributed by atoms with Crippen LogP contribution in [0.4, 0.5) is 0 Å². The van der Waals surface area contributed by atoms with E-state index in [-0.39, 0.29) is 28.3 Å². The molecule has 0 amide bonds. The summed E-state index contributed by atoms with van der Waals surface area (Å²) in [7, 11) is 0. The SMILES string of the molecule is C=CCO.CCCCO.CCCCO.CCCCO.[Ti]. The molecule has 4 N–H and O–H groups in total. The molecule has 0 bridgehead atoms. The third-order valence-electron chi connectivity index (χ3n) is 1.66. The molecule has 0 aromatic carbocycles. The number of hydrogen-bond acceptors (Lipinski definition) is 4. The minimum Gasteiger partial charge on any atom is -0.396 e. The summed E-state index contributed by atoms with van der Waals surface area (Å²) in [6.45, 7) is 10.5. The van der Waals surface area contributed by atoms with E-state index in [0.29, 0.717) is 19.8 Å². The van der Waals surface area contributed by atoms with Crippen LogP contribution >= 0.6 is 0 Å². The molecule has 0 aliphatic heterocycles. The third-order valence-corrected chi connectivity index (χ3v) is 1.66. The van der Waals surface area contributed by atoms with Crippen molar-refractivity contribution >= 4 is 0 Å². The summed E-state index contributed by atoms with van der Waals surface area (Å²) in [5.74, 6) is 0. The van der Waals surface area contributed by atoms with E-state index in [9.17, 15) is 0 Å². The van der Waals surface area contributed by atoms with E-state index in [0.717, 1.165) is 38.5 Å². The van der Waals surface area contributed by atoms with Gasteiger partial charge in [0, 0.05) is 41.5 Å². The fourth-order valence-corrected chi connectivity index (χ4v) is 0.474. The molecule has 0 atom stereocenters. The molecule has 0 radical (unpaired) electrons. The first-order chi connectivity index (χ1) is 9.16. The van der Waals surface area contributed by atoms with Crippen molar-refractivity contribution in [2.45, 2.75) is 59.3 Å². The van der Waals surface area contributed by atoms with E-state index < -0.39 is 0 Å². The maximum absolute atomic E-state index is 8.07. The summed E-state index contributed by atoms with van der Waals surface area (Å²) in [5, 5.41) is 32.0. The summed E-state index contributed by atoms with van der Waals surface area (Å²) < 4.78 is 0. The van der Waals surface area contributed by atoms with Gasteiger partial charge in [-0.15, -0.1) is 6.58 Å². The monoisotopic (exact) mass is 328 g/mol. The van der Waals surface area contributed by atoms with E-state index in [1.165, 1.54) is 6.08 Å². The Hall–Kier alpha value is 0.294. The third kappa shape index (κ3) is 103. The molecule has 0 aliphatic carbocycles. The summed E-state index contributed by atoms with van der Waals surface area (Å²) in [5.41, 5.74) is 0. The Balaban J connectivity index is -0.0000000494. The smallest absolute Gasteiger partial charge is 0.0609 e. The van der Waals surface area contributed by atoms with Crippen LogP contribution in [0, 0.1) is 0 Å². The van der Waals surface area contributed by atoms with Gasteiger partial charge in [-0.25, -0.2) is 0 Å². The van der Waals surface area contributed by atoms with Crippen LogP contribution in [-0.4, -0.2) is 46.9 Å². The number of unbranched alkanes of at least 4 members (excludes halogenated alkanes) is 3. The van der Waals surface area contributed by atoms with Gasteiger partial charge in [-0.3, -0.25) is 0 Å². The predicted octanol–water partition coefficient (Wildman–Crippen LogP) is 2.50. The fraction of sp³-hybridized carbons (Fsp3) is 0.867. The van der Waals surface area contributed by atoms with E-state index >= 15 is 0 Å². The minimum absolute atomic E-state index is 0. The molecule has 0 heterocycles. The zero-order valence-corrected chi connectivity index (χ0v) is 15.2. The van der Waals surface area contributed by atoms with Crippen molar-refractivity contribution in [2.75, 3.05) is 26.4 Å². The Labute approximate surface area is 140 Å². The van der Waals surface area contributed by atoms with Gasteiger partial charge in [-0.2, -0.15) is 0 Å². The number of aliphatic hydroxyl groups is 4. The molecule has 0 saturated carbocycles. The Morgan fingerprint density at radius 2 is 0.900 bits per heavy atom. The maximum Gasteiger partial charge on any atom is 0.0609 e. The van der Waals surface area contributed by atoms with Gasteiger partial charge in [0.15, 0.2) is 0 Å². The quantitative estimate of drug-likeness (QED) is 0.428. The van der Waals surface area contributed by atoms with Crippen molar-refractivity contribution in [3.8, 4) is 0 Å².